The average molecular weight is 272 g/mol. The van der Waals surface area contributed by atoms with E-state index in [0.29, 0.717) is 18.8 Å². The molecule has 0 aliphatic heterocycles. The Kier molecular flexibility index (Phi) is 4.37. The van der Waals surface area contributed by atoms with Crippen molar-refractivity contribution in [3.05, 3.63) is 53.4 Å². The largest absolute Gasteiger partial charge is 0.478 e. The van der Waals surface area contributed by atoms with E-state index >= 15 is 0 Å². The highest BCUT2D eigenvalue weighted by Crippen LogP contribution is 2.09. The van der Waals surface area contributed by atoms with Crippen LogP contribution in [0.2, 0.25) is 0 Å². The molecule has 6 heteroatoms. The number of hydrogen-bond donors (Lipinski definition) is 1. The molecule has 0 radical (unpaired) electrons. The highest BCUT2D eigenvalue weighted by atomic mass is 16.4. The van der Waals surface area contributed by atoms with Crippen LogP contribution in [0.4, 0.5) is 0 Å². The molecule has 20 heavy (non-hydrogen) atoms. The monoisotopic (exact) mass is 272 g/mol. The first-order chi connectivity index (χ1) is 9.56. The Morgan fingerprint density at radius 1 is 1.35 bits per heavy atom. The Morgan fingerprint density at radius 2 is 2.15 bits per heavy atom. The summed E-state index contributed by atoms with van der Waals surface area (Å²) in [5.74, 6) is -1.01. The number of hydrogen-bond acceptors (Lipinski definition) is 5. The first-order valence-corrected chi connectivity index (χ1v) is 6.19. The van der Waals surface area contributed by atoms with Gasteiger partial charge in [-0.05, 0) is 26.1 Å². The van der Waals surface area contributed by atoms with E-state index in [2.05, 4.69) is 15.0 Å². The zero-order chi connectivity index (χ0) is 14.5. The molecule has 0 saturated carbocycles. The van der Waals surface area contributed by atoms with Gasteiger partial charge in [-0.25, -0.2) is 14.8 Å². The molecule has 2 heterocycles. The third kappa shape index (κ3) is 3.58. The second-order valence-corrected chi connectivity index (χ2v) is 4.63. The molecule has 0 atom stereocenters. The van der Waals surface area contributed by atoms with Crippen LogP contribution in [0.15, 0.2) is 30.7 Å². The van der Waals surface area contributed by atoms with Crippen molar-refractivity contribution in [2.24, 2.45) is 0 Å². The van der Waals surface area contributed by atoms with Crippen molar-refractivity contribution < 1.29 is 9.90 Å². The number of carbonyl (C=O) groups is 1. The quantitative estimate of drug-likeness (QED) is 0.888. The fourth-order valence-corrected chi connectivity index (χ4v) is 1.94. The third-order valence-corrected chi connectivity index (χ3v) is 2.82. The van der Waals surface area contributed by atoms with Crippen molar-refractivity contribution in [1.29, 1.82) is 0 Å². The van der Waals surface area contributed by atoms with Crippen LogP contribution < -0.4 is 0 Å². The lowest BCUT2D eigenvalue weighted by atomic mass is 10.2. The number of nitrogens with zero attached hydrogens (tertiary/aromatic N) is 4. The van der Waals surface area contributed by atoms with E-state index in [1.165, 1.54) is 12.5 Å². The van der Waals surface area contributed by atoms with Gasteiger partial charge in [0, 0.05) is 25.0 Å². The summed E-state index contributed by atoms with van der Waals surface area (Å²) in [4.78, 5) is 25.3. The van der Waals surface area contributed by atoms with E-state index in [9.17, 15) is 4.79 Å². The van der Waals surface area contributed by atoms with Gasteiger partial charge in [0.15, 0.2) is 0 Å². The Morgan fingerprint density at radius 3 is 2.85 bits per heavy atom. The molecule has 104 valence electrons. The number of rotatable bonds is 5. The minimum absolute atomic E-state index is 0.136. The number of aryl methyl sites for hydroxylation is 1. The van der Waals surface area contributed by atoms with Gasteiger partial charge in [0.25, 0.3) is 0 Å². The molecule has 2 rings (SSSR count). The summed E-state index contributed by atoms with van der Waals surface area (Å²) in [6, 6.07) is 5.84. The zero-order valence-corrected chi connectivity index (χ0v) is 11.4. The van der Waals surface area contributed by atoms with E-state index in [1.54, 1.807) is 0 Å². The molecule has 0 aliphatic rings. The van der Waals surface area contributed by atoms with Gasteiger partial charge in [0.2, 0.25) is 0 Å². The van der Waals surface area contributed by atoms with E-state index in [4.69, 9.17) is 5.11 Å². The molecule has 0 unspecified atom stereocenters. The van der Waals surface area contributed by atoms with Crippen molar-refractivity contribution in [2.45, 2.75) is 20.0 Å². The van der Waals surface area contributed by atoms with E-state index in [-0.39, 0.29) is 5.56 Å². The van der Waals surface area contributed by atoms with Gasteiger partial charge < -0.3 is 5.11 Å². The van der Waals surface area contributed by atoms with Crippen LogP contribution in [0.25, 0.3) is 0 Å². The molecule has 2 aromatic heterocycles. The van der Waals surface area contributed by atoms with Crippen molar-refractivity contribution in [3.8, 4) is 0 Å². The van der Waals surface area contributed by atoms with E-state index in [1.807, 2.05) is 37.1 Å². The van der Waals surface area contributed by atoms with Crippen molar-refractivity contribution in [1.82, 2.24) is 19.9 Å². The van der Waals surface area contributed by atoms with Gasteiger partial charge in [-0.2, -0.15) is 0 Å². The second-order valence-electron chi connectivity index (χ2n) is 4.63. The summed E-state index contributed by atoms with van der Waals surface area (Å²) in [5.41, 5.74) is 2.54. The normalized spacial score (nSPS) is 10.8. The maximum absolute atomic E-state index is 11.1. The summed E-state index contributed by atoms with van der Waals surface area (Å²) in [5, 5.41) is 9.09. The summed E-state index contributed by atoms with van der Waals surface area (Å²) in [7, 11) is 1.90. The first-order valence-electron chi connectivity index (χ1n) is 6.19. The SMILES string of the molecule is Cc1cccc(CN(C)Cc2ncncc2C(=O)O)n1. The maximum atomic E-state index is 11.1. The van der Waals surface area contributed by atoms with Crippen molar-refractivity contribution in [2.75, 3.05) is 7.05 Å². The van der Waals surface area contributed by atoms with Gasteiger partial charge in [0.05, 0.1) is 11.4 Å². The zero-order valence-electron chi connectivity index (χ0n) is 11.4. The van der Waals surface area contributed by atoms with Crippen LogP contribution in [-0.2, 0) is 13.1 Å². The molecule has 0 amide bonds. The Bertz CT molecular complexity index is 616. The third-order valence-electron chi connectivity index (χ3n) is 2.82. The van der Waals surface area contributed by atoms with Crippen molar-refractivity contribution >= 4 is 5.97 Å². The Balaban J connectivity index is 2.08. The lowest BCUT2D eigenvalue weighted by molar-refractivity contribution is 0.0693. The number of carboxylic acid groups (broad SMARTS) is 1. The van der Waals surface area contributed by atoms with Crippen LogP contribution in [0.1, 0.15) is 27.4 Å². The molecular formula is C14H16N4O2. The lowest BCUT2D eigenvalue weighted by Crippen LogP contribution is -2.21. The predicted octanol–water partition coefficient (Wildman–Crippen LogP) is 1.51. The average Bonchev–Trinajstić information content (AvgIpc) is 2.38. The summed E-state index contributed by atoms with van der Waals surface area (Å²) in [6.07, 6.45) is 2.68. The van der Waals surface area contributed by atoms with E-state index < -0.39 is 5.97 Å². The molecular weight excluding hydrogens is 256 g/mol. The van der Waals surface area contributed by atoms with Gasteiger partial charge in [-0.15, -0.1) is 0 Å². The van der Waals surface area contributed by atoms with E-state index in [0.717, 1.165) is 11.4 Å². The predicted molar refractivity (Wildman–Crippen MR) is 73.1 cm³/mol. The van der Waals surface area contributed by atoms with Crippen LogP contribution >= 0.6 is 0 Å². The number of aromatic carboxylic acids is 1. The molecule has 2 aromatic rings. The van der Waals surface area contributed by atoms with Gasteiger partial charge >= 0.3 is 5.97 Å². The van der Waals surface area contributed by atoms with Crippen LogP contribution in [0, 0.1) is 6.92 Å². The van der Waals surface area contributed by atoms with Gasteiger partial charge in [0.1, 0.15) is 11.9 Å². The molecule has 0 aliphatic carbocycles. The number of carboxylic acids is 1. The Labute approximate surface area is 117 Å². The standard InChI is InChI=1S/C14H16N4O2/c1-10-4-3-5-11(17-10)7-18(2)8-13-12(14(19)20)6-15-9-16-13/h3-6,9H,7-8H2,1-2H3,(H,19,20). The molecule has 0 fully saturated rings. The highest BCUT2D eigenvalue weighted by molar-refractivity contribution is 5.88. The molecule has 0 spiro atoms. The smallest absolute Gasteiger partial charge is 0.339 e. The maximum Gasteiger partial charge on any atom is 0.339 e. The lowest BCUT2D eigenvalue weighted by Gasteiger charge is -2.16. The molecule has 6 nitrogen and oxygen atoms in total. The topological polar surface area (TPSA) is 79.2 Å². The molecule has 0 bridgehead atoms. The second kappa shape index (κ2) is 6.21. The van der Waals surface area contributed by atoms with Gasteiger partial charge in [-0.1, -0.05) is 6.07 Å². The number of pyridine rings is 1. The fraction of sp³-hybridized carbons (Fsp3) is 0.286. The van der Waals surface area contributed by atoms with Crippen LogP contribution in [0.3, 0.4) is 0 Å². The minimum Gasteiger partial charge on any atom is -0.478 e. The molecule has 1 N–H and O–H groups in total. The van der Waals surface area contributed by atoms with Crippen LogP contribution in [0.5, 0.6) is 0 Å². The summed E-state index contributed by atoms with van der Waals surface area (Å²) in [6.45, 7) is 3.00. The highest BCUT2D eigenvalue weighted by Gasteiger charge is 2.13. The molecule has 0 aromatic carbocycles. The van der Waals surface area contributed by atoms with Gasteiger partial charge in [-0.3, -0.25) is 9.88 Å². The Hall–Kier alpha value is -2.34. The molecule has 0 saturated heterocycles. The fourth-order valence-electron chi connectivity index (χ4n) is 1.94. The number of aromatic nitrogens is 3. The van der Waals surface area contributed by atoms with Crippen LogP contribution in [-0.4, -0.2) is 38.0 Å². The summed E-state index contributed by atoms with van der Waals surface area (Å²) >= 11 is 0. The van der Waals surface area contributed by atoms with Crippen molar-refractivity contribution in [3.63, 3.8) is 0 Å². The summed E-state index contributed by atoms with van der Waals surface area (Å²) < 4.78 is 0. The minimum atomic E-state index is -1.01. The first kappa shape index (κ1) is 14.1.